The van der Waals surface area contributed by atoms with Crippen LogP contribution in [0.1, 0.15) is 25.3 Å². The molecule has 1 aromatic carbocycles. The van der Waals surface area contributed by atoms with Gasteiger partial charge in [0, 0.05) is 50.7 Å². The molecule has 0 saturated carbocycles. The molecule has 5 heteroatoms. The normalized spacial score (nSPS) is 17.0. The lowest BCUT2D eigenvalue weighted by atomic mass is 9.74. The van der Waals surface area contributed by atoms with Crippen LogP contribution in [-0.2, 0) is 16.7 Å². The van der Waals surface area contributed by atoms with Crippen molar-refractivity contribution >= 4 is 5.96 Å². The zero-order valence-electron chi connectivity index (χ0n) is 15.7. The molecule has 0 spiro atoms. The summed E-state index contributed by atoms with van der Waals surface area (Å²) >= 11 is 0. The third-order valence-electron chi connectivity index (χ3n) is 5.05. The van der Waals surface area contributed by atoms with E-state index in [9.17, 15) is 0 Å². The van der Waals surface area contributed by atoms with Crippen LogP contribution in [0, 0.1) is 0 Å². The zero-order valence-corrected chi connectivity index (χ0v) is 15.7. The van der Waals surface area contributed by atoms with Gasteiger partial charge in [0.05, 0.1) is 6.54 Å². The van der Waals surface area contributed by atoms with E-state index in [2.05, 4.69) is 64.8 Å². The van der Waals surface area contributed by atoms with Crippen LogP contribution in [0.25, 0.3) is 0 Å². The van der Waals surface area contributed by atoms with Crippen molar-refractivity contribution in [2.45, 2.75) is 31.7 Å². The number of rotatable bonds is 7. The van der Waals surface area contributed by atoms with Gasteiger partial charge in [-0.2, -0.15) is 0 Å². The molecule has 3 rings (SSSR count). The fourth-order valence-electron chi connectivity index (χ4n) is 3.49. The second-order valence-electron chi connectivity index (χ2n) is 6.80. The standard InChI is InChI=1S/C21H30N4O/c1-2-22-20(23-12-15-25-13-6-7-14-25)24-18-21(10-16-26-17-11-21)19-8-4-3-5-9-19/h3-9,13-14H,2,10-12,15-18H2,1H3,(H2,22,23,24). The van der Waals surface area contributed by atoms with Gasteiger partial charge in [0.25, 0.3) is 0 Å². The first-order valence-corrected chi connectivity index (χ1v) is 9.59. The monoisotopic (exact) mass is 354 g/mol. The van der Waals surface area contributed by atoms with Crippen LogP contribution in [0.3, 0.4) is 0 Å². The van der Waals surface area contributed by atoms with Gasteiger partial charge in [0.1, 0.15) is 0 Å². The van der Waals surface area contributed by atoms with E-state index in [1.807, 2.05) is 12.1 Å². The zero-order chi connectivity index (χ0) is 18.1. The average molecular weight is 354 g/mol. The first-order chi connectivity index (χ1) is 12.8. The Morgan fingerprint density at radius 3 is 2.50 bits per heavy atom. The third-order valence-corrected chi connectivity index (χ3v) is 5.05. The quantitative estimate of drug-likeness (QED) is 0.594. The highest BCUT2D eigenvalue weighted by Gasteiger charge is 2.34. The number of benzene rings is 1. The molecule has 1 saturated heterocycles. The Kier molecular flexibility index (Phi) is 6.72. The predicted octanol–water partition coefficient (Wildman–Crippen LogP) is 2.79. The fraction of sp³-hybridized carbons (Fsp3) is 0.476. The Labute approximate surface area is 156 Å². The molecule has 0 amide bonds. The largest absolute Gasteiger partial charge is 0.381 e. The summed E-state index contributed by atoms with van der Waals surface area (Å²) in [6, 6.07) is 14.9. The highest BCUT2D eigenvalue weighted by Crippen LogP contribution is 2.35. The van der Waals surface area contributed by atoms with Gasteiger partial charge >= 0.3 is 0 Å². The van der Waals surface area contributed by atoms with E-state index in [0.717, 1.165) is 58.2 Å². The number of hydrogen-bond acceptors (Lipinski definition) is 2. The molecule has 140 valence electrons. The van der Waals surface area contributed by atoms with E-state index >= 15 is 0 Å². The molecule has 1 aliphatic heterocycles. The van der Waals surface area contributed by atoms with Crippen LogP contribution < -0.4 is 10.6 Å². The summed E-state index contributed by atoms with van der Waals surface area (Å²) in [5, 5.41) is 6.82. The summed E-state index contributed by atoms with van der Waals surface area (Å²) in [4.78, 5) is 4.93. The van der Waals surface area contributed by atoms with Crippen molar-refractivity contribution in [3.63, 3.8) is 0 Å². The van der Waals surface area contributed by atoms with Gasteiger partial charge in [-0.25, -0.2) is 0 Å². The molecule has 2 heterocycles. The molecule has 0 radical (unpaired) electrons. The first kappa shape index (κ1) is 18.5. The van der Waals surface area contributed by atoms with Gasteiger partial charge in [0.2, 0.25) is 0 Å². The second kappa shape index (κ2) is 9.43. The lowest BCUT2D eigenvalue weighted by Gasteiger charge is -2.36. The van der Waals surface area contributed by atoms with E-state index in [4.69, 9.17) is 9.73 Å². The van der Waals surface area contributed by atoms with Crippen LogP contribution in [0.15, 0.2) is 59.9 Å². The SMILES string of the molecule is CCNC(=NCC1(c2ccccc2)CCOCC1)NCCn1cccc1. The lowest BCUT2D eigenvalue weighted by Crippen LogP contribution is -2.42. The van der Waals surface area contributed by atoms with Crippen LogP contribution in [0.5, 0.6) is 0 Å². The van der Waals surface area contributed by atoms with Crippen molar-refractivity contribution in [3.8, 4) is 0 Å². The average Bonchev–Trinajstić information content (AvgIpc) is 3.21. The molecule has 0 atom stereocenters. The number of guanidine groups is 1. The minimum absolute atomic E-state index is 0.0717. The second-order valence-corrected chi connectivity index (χ2v) is 6.80. The maximum atomic E-state index is 5.62. The maximum Gasteiger partial charge on any atom is 0.191 e. The van der Waals surface area contributed by atoms with E-state index in [1.165, 1.54) is 5.56 Å². The van der Waals surface area contributed by atoms with Crippen LogP contribution in [0.4, 0.5) is 0 Å². The van der Waals surface area contributed by atoms with Gasteiger partial charge in [-0.15, -0.1) is 0 Å². The fourth-order valence-corrected chi connectivity index (χ4v) is 3.49. The van der Waals surface area contributed by atoms with Crippen molar-refractivity contribution in [3.05, 3.63) is 60.4 Å². The number of nitrogens with one attached hydrogen (secondary N) is 2. The summed E-state index contributed by atoms with van der Waals surface area (Å²) in [5.74, 6) is 0.890. The highest BCUT2D eigenvalue weighted by atomic mass is 16.5. The minimum Gasteiger partial charge on any atom is -0.381 e. The van der Waals surface area contributed by atoms with Crippen molar-refractivity contribution in [1.82, 2.24) is 15.2 Å². The number of nitrogens with zero attached hydrogens (tertiary/aromatic N) is 2. The molecule has 1 aromatic heterocycles. The molecule has 5 nitrogen and oxygen atoms in total. The van der Waals surface area contributed by atoms with Gasteiger partial charge < -0.3 is 19.9 Å². The Bertz CT molecular complexity index is 661. The lowest BCUT2D eigenvalue weighted by molar-refractivity contribution is 0.0531. The van der Waals surface area contributed by atoms with Crippen molar-refractivity contribution in [1.29, 1.82) is 0 Å². The van der Waals surface area contributed by atoms with Gasteiger partial charge in [-0.3, -0.25) is 4.99 Å². The topological polar surface area (TPSA) is 50.6 Å². The molecular formula is C21H30N4O. The van der Waals surface area contributed by atoms with E-state index in [-0.39, 0.29) is 5.41 Å². The summed E-state index contributed by atoms with van der Waals surface area (Å²) in [6.07, 6.45) is 6.20. The Balaban J connectivity index is 1.66. The Morgan fingerprint density at radius 1 is 1.08 bits per heavy atom. The van der Waals surface area contributed by atoms with E-state index in [0.29, 0.717) is 0 Å². The molecular weight excluding hydrogens is 324 g/mol. The van der Waals surface area contributed by atoms with Crippen LogP contribution in [0.2, 0.25) is 0 Å². The van der Waals surface area contributed by atoms with Crippen LogP contribution >= 0.6 is 0 Å². The molecule has 0 aliphatic carbocycles. The van der Waals surface area contributed by atoms with Crippen molar-refractivity contribution in [2.75, 3.05) is 32.8 Å². The number of hydrogen-bond donors (Lipinski definition) is 2. The van der Waals surface area contributed by atoms with Crippen molar-refractivity contribution < 1.29 is 4.74 Å². The number of aliphatic imine (C=N–C) groups is 1. The summed E-state index contributed by atoms with van der Waals surface area (Å²) in [6.45, 7) is 7.13. The summed E-state index contributed by atoms with van der Waals surface area (Å²) in [5.41, 5.74) is 1.44. The van der Waals surface area contributed by atoms with E-state index in [1.54, 1.807) is 0 Å². The smallest absolute Gasteiger partial charge is 0.191 e. The predicted molar refractivity (Wildman–Crippen MR) is 107 cm³/mol. The minimum atomic E-state index is 0.0717. The van der Waals surface area contributed by atoms with Gasteiger partial charge in [-0.1, -0.05) is 30.3 Å². The van der Waals surface area contributed by atoms with E-state index < -0.39 is 0 Å². The van der Waals surface area contributed by atoms with Gasteiger partial charge in [-0.05, 0) is 37.5 Å². The molecule has 0 bridgehead atoms. The van der Waals surface area contributed by atoms with Crippen molar-refractivity contribution in [2.24, 2.45) is 4.99 Å². The third kappa shape index (κ3) is 4.88. The molecule has 26 heavy (non-hydrogen) atoms. The molecule has 2 N–H and O–H groups in total. The molecule has 1 fully saturated rings. The molecule has 1 aliphatic rings. The number of aromatic nitrogens is 1. The number of ether oxygens (including phenoxy) is 1. The molecule has 0 unspecified atom stereocenters. The Morgan fingerprint density at radius 2 is 1.81 bits per heavy atom. The van der Waals surface area contributed by atoms with Crippen LogP contribution in [-0.4, -0.2) is 43.4 Å². The first-order valence-electron chi connectivity index (χ1n) is 9.59. The van der Waals surface area contributed by atoms with Gasteiger partial charge in [0.15, 0.2) is 5.96 Å². The molecule has 2 aromatic rings. The maximum absolute atomic E-state index is 5.62. The summed E-state index contributed by atoms with van der Waals surface area (Å²) < 4.78 is 7.79. The highest BCUT2D eigenvalue weighted by molar-refractivity contribution is 5.79. The Hall–Kier alpha value is -2.27. The summed E-state index contributed by atoms with van der Waals surface area (Å²) in [7, 11) is 0.